The lowest BCUT2D eigenvalue weighted by Gasteiger charge is -2.25. The topological polar surface area (TPSA) is 40.5 Å². The van der Waals surface area contributed by atoms with Crippen LogP contribution in [0.4, 0.5) is 0 Å². The van der Waals surface area contributed by atoms with Crippen LogP contribution in [-0.4, -0.2) is 29.0 Å². The molecule has 0 aliphatic heterocycles. The summed E-state index contributed by atoms with van der Waals surface area (Å²) in [5.41, 5.74) is 1.35. The smallest absolute Gasteiger partial charge is 0.257 e. The highest BCUT2D eigenvalue weighted by atomic mass is 16.3. The van der Waals surface area contributed by atoms with E-state index in [1.807, 2.05) is 20.0 Å². The first kappa shape index (κ1) is 12.0. The molecule has 92 valence electrons. The second-order valence-electron chi connectivity index (χ2n) is 5.01. The van der Waals surface area contributed by atoms with Crippen molar-refractivity contribution in [1.29, 1.82) is 0 Å². The van der Waals surface area contributed by atoms with Crippen LogP contribution in [0.5, 0.6) is 5.75 Å². The summed E-state index contributed by atoms with van der Waals surface area (Å²) in [6, 6.07) is 5.43. The molecule has 0 saturated heterocycles. The van der Waals surface area contributed by atoms with Gasteiger partial charge in [-0.3, -0.25) is 4.79 Å². The molecule has 1 aromatic carbocycles. The first-order chi connectivity index (χ1) is 8.00. The van der Waals surface area contributed by atoms with Gasteiger partial charge in [0.1, 0.15) is 5.75 Å². The molecule has 0 spiro atoms. The lowest BCUT2D eigenvalue weighted by molar-refractivity contribution is 0.0724. The molecule has 1 aliphatic carbocycles. The van der Waals surface area contributed by atoms with Gasteiger partial charge in [0.05, 0.1) is 5.56 Å². The Bertz CT molecular complexity index is 438. The molecule has 17 heavy (non-hydrogen) atoms. The van der Waals surface area contributed by atoms with Gasteiger partial charge >= 0.3 is 0 Å². The lowest BCUT2D eigenvalue weighted by atomic mass is 10.1. The summed E-state index contributed by atoms with van der Waals surface area (Å²) in [6.07, 6.45) is 2.41. The molecule has 1 N–H and O–H groups in total. The molecule has 1 unspecified atom stereocenters. The molecule has 2 rings (SSSR count). The number of rotatable bonds is 3. The maximum Gasteiger partial charge on any atom is 0.257 e. The number of carbonyl (C=O) groups is 1. The summed E-state index contributed by atoms with van der Waals surface area (Å²) in [5.74, 6) is 0.614. The molecule has 1 amide bonds. The fraction of sp³-hybridized carbons (Fsp3) is 0.500. The second-order valence-corrected chi connectivity index (χ2v) is 5.01. The summed E-state index contributed by atoms with van der Waals surface area (Å²) in [7, 11) is 1.81. The van der Waals surface area contributed by atoms with E-state index in [4.69, 9.17) is 0 Å². The minimum Gasteiger partial charge on any atom is -0.507 e. The Morgan fingerprint density at radius 1 is 1.47 bits per heavy atom. The number of aryl methyl sites for hydroxylation is 1. The van der Waals surface area contributed by atoms with E-state index in [1.54, 1.807) is 17.0 Å². The number of carbonyl (C=O) groups excluding carboxylic acids is 1. The van der Waals surface area contributed by atoms with E-state index in [0.29, 0.717) is 11.5 Å². The highest BCUT2D eigenvalue weighted by Gasteiger charge is 2.33. The Morgan fingerprint density at radius 2 is 2.12 bits per heavy atom. The van der Waals surface area contributed by atoms with Crippen LogP contribution in [0.3, 0.4) is 0 Å². The van der Waals surface area contributed by atoms with Crippen molar-refractivity contribution in [3.05, 3.63) is 29.3 Å². The van der Waals surface area contributed by atoms with E-state index in [-0.39, 0.29) is 17.7 Å². The third-order valence-corrected chi connectivity index (χ3v) is 3.62. The van der Waals surface area contributed by atoms with Crippen LogP contribution in [0.15, 0.2) is 18.2 Å². The van der Waals surface area contributed by atoms with Crippen molar-refractivity contribution in [1.82, 2.24) is 4.90 Å². The number of amides is 1. The second kappa shape index (κ2) is 4.40. The molecule has 3 heteroatoms. The van der Waals surface area contributed by atoms with Gasteiger partial charge < -0.3 is 10.0 Å². The van der Waals surface area contributed by atoms with Gasteiger partial charge in [0.15, 0.2) is 0 Å². The van der Waals surface area contributed by atoms with Crippen LogP contribution >= 0.6 is 0 Å². The number of benzene rings is 1. The van der Waals surface area contributed by atoms with Gasteiger partial charge in [-0.15, -0.1) is 0 Å². The summed E-state index contributed by atoms with van der Waals surface area (Å²) in [5, 5.41) is 9.80. The van der Waals surface area contributed by atoms with E-state index in [0.717, 1.165) is 5.56 Å². The van der Waals surface area contributed by atoms with E-state index in [9.17, 15) is 9.90 Å². The lowest BCUT2D eigenvalue weighted by Crippen LogP contribution is -2.36. The molecule has 0 aromatic heterocycles. The van der Waals surface area contributed by atoms with Crippen LogP contribution in [0.2, 0.25) is 0 Å². The fourth-order valence-electron chi connectivity index (χ4n) is 2.09. The van der Waals surface area contributed by atoms with Gasteiger partial charge in [0.2, 0.25) is 0 Å². The van der Waals surface area contributed by atoms with Gasteiger partial charge in [-0.25, -0.2) is 0 Å². The van der Waals surface area contributed by atoms with Crippen LogP contribution in [0, 0.1) is 12.8 Å². The molecule has 1 saturated carbocycles. The van der Waals surface area contributed by atoms with Crippen molar-refractivity contribution in [2.75, 3.05) is 7.05 Å². The van der Waals surface area contributed by atoms with Crippen molar-refractivity contribution >= 4 is 5.91 Å². The number of phenolic OH excluding ortho intramolecular Hbond substituents is 1. The molecule has 1 atom stereocenters. The molecule has 0 heterocycles. The summed E-state index contributed by atoms with van der Waals surface area (Å²) in [4.78, 5) is 14.0. The van der Waals surface area contributed by atoms with Gasteiger partial charge in [-0.05, 0) is 50.3 Å². The first-order valence-corrected chi connectivity index (χ1v) is 6.07. The number of hydrogen-bond donors (Lipinski definition) is 1. The van der Waals surface area contributed by atoms with E-state index >= 15 is 0 Å². The average Bonchev–Trinajstić information content (AvgIpc) is 3.10. The molecule has 1 aromatic rings. The standard InChI is InChI=1S/C14H19NO2/c1-9-4-7-12(13(16)8-9)14(17)15(3)10(2)11-5-6-11/h4,7-8,10-11,16H,5-6H2,1-3H3. The highest BCUT2D eigenvalue weighted by molar-refractivity contribution is 5.96. The van der Waals surface area contributed by atoms with Gasteiger partial charge in [0.25, 0.3) is 5.91 Å². The zero-order valence-corrected chi connectivity index (χ0v) is 10.6. The summed E-state index contributed by atoms with van der Waals surface area (Å²) >= 11 is 0. The maximum atomic E-state index is 12.2. The molecule has 1 fully saturated rings. The van der Waals surface area contributed by atoms with Crippen LogP contribution in [0.1, 0.15) is 35.7 Å². The Morgan fingerprint density at radius 3 is 2.65 bits per heavy atom. The van der Waals surface area contributed by atoms with E-state index < -0.39 is 0 Å². The van der Waals surface area contributed by atoms with Crippen molar-refractivity contribution in [2.24, 2.45) is 5.92 Å². The Kier molecular flexibility index (Phi) is 3.09. The third-order valence-electron chi connectivity index (χ3n) is 3.62. The van der Waals surface area contributed by atoms with Gasteiger partial charge in [-0.1, -0.05) is 6.07 Å². The van der Waals surface area contributed by atoms with Gasteiger partial charge in [-0.2, -0.15) is 0 Å². The molecule has 0 radical (unpaired) electrons. The van der Waals surface area contributed by atoms with Crippen molar-refractivity contribution in [2.45, 2.75) is 32.7 Å². The minimum atomic E-state index is -0.0955. The largest absolute Gasteiger partial charge is 0.507 e. The monoisotopic (exact) mass is 233 g/mol. The molecule has 1 aliphatic rings. The molecule has 0 bridgehead atoms. The van der Waals surface area contributed by atoms with Crippen molar-refractivity contribution < 1.29 is 9.90 Å². The van der Waals surface area contributed by atoms with Gasteiger partial charge in [0, 0.05) is 13.1 Å². The Balaban J connectivity index is 2.18. The Labute approximate surface area is 102 Å². The van der Waals surface area contributed by atoms with E-state index in [2.05, 4.69) is 6.92 Å². The molecular formula is C14H19NO2. The molecular weight excluding hydrogens is 214 g/mol. The normalized spacial score (nSPS) is 16.6. The van der Waals surface area contributed by atoms with Crippen molar-refractivity contribution in [3.8, 4) is 5.75 Å². The summed E-state index contributed by atoms with van der Waals surface area (Å²) in [6.45, 7) is 3.96. The molecule has 3 nitrogen and oxygen atoms in total. The zero-order valence-electron chi connectivity index (χ0n) is 10.6. The SMILES string of the molecule is Cc1ccc(C(=O)N(C)C(C)C2CC2)c(O)c1. The average molecular weight is 233 g/mol. The predicted molar refractivity (Wildman–Crippen MR) is 67.1 cm³/mol. The van der Waals surface area contributed by atoms with Crippen LogP contribution < -0.4 is 0 Å². The maximum absolute atomic E-state index is 12.2. The fourth-order valence-corrected chi connectivity index (χ4v) is 2.09. The zero-order chi connectivity index (χ0) is 12.6. The summed E-state index contributed by atoms with van der Waals surface area (Å²) < 4.78 is 0. The number of nitrogens with zero attached hydrogens (tertiary/aromatic N) is 1. The van der Waals surface area contributed by atoms with Crippen molar-refractivity contribution in [3.63, 3.8) is 0 Å². The van der Waals surface area contributed by atoms with Crippen LogP contribution in [0.25, 0.3) is 0 Å². The Hall–Kier alpha value is -1.51. The first-order valence-electron chi connectivity index (χ1n) is 6.07. The third kappa shape index (κ3) is 2.43. The number of hydrogen-bond acceptors (Lipinski definition) is 2. The minimum absolute atomic E-state index is 0.0739. The van der Waals surface area contributed by atoms with Crippen LogP contribution in [-0.2, 0) is 0 Å². The predicted octanol–water partition coefficient (Wildman–Crippen LogP) is 2.57. The highest BCUT2D eigenvalue weighted by Crippen LogP contribution is 2.35. The quantitative estimate of drug-likeness (QED) is 0.871. The number of phenols is 1. The number of aromatic hydroxyl groups is 1. The van der Waals surface area contributed by atoms with E-state index in [1.165, 1.54) is 12.8 Å².